The molecule has 2 aromatic rings. The summed E-state index contributed by atoms with van der Waals surface area (Å²) in [4.78, 5) is 12.2. The molecule has 0 saturated heterocycles. The van der Waals surface area contributed by atoms with E-state index in [1.807, 2.05) is 50.2 Å². The number of carbonyl (C=O) groups is 1. The molecule has 0 aliphatic rings. The highest BCUT2D eigenvalue weighted by Gasteiger charge is 2.11. The van der Waals surface area contributed by atoms with Crippen LogP contribution in [0.25, 0.3) is 0 Å². The summed E-state index contributed by atoms with van der Waals surface area (Å²) in [6, 6.07) is 15.1. The molecule has 0 unspecified atom stereocenters. The van der Waals surface area contributed by atoms with Crippen molar-refractivity contribution in [2.24, 2.45) is 0 Å². The molecule has 110 valence electrons. The molecule has 0 heterocycles. The van der Waals surface area contributed by atoms with Crippen molar-refractivity contribution in [2.45, 2.75) is 19.9 Å². The van der Waals surface area contributed by atoms with Crippen LogP contribution in [0.1, 0.15) is 35.8 Å². The molecule has 2 aromatic carbocycles. The Morgan fingerprint density at radius 2 is 1.95 bits per heavy atom. The fourth-order valence-corrected chi connectivity index (χ4v) is 2.41. The van der Waals surface area contributed by atoms with Crippen molar-refractivity contribution in [3.8, 4) is 5.75 Å². The summed E-state index contributed by atoms with van der Waals surface area (Å²) >= 11 is 3.37. The number of carbonyl (C=O) groups excluding carboxylic acids is 1. The third-order valence-corrected chi connectivity index (χ3v) is 3.62. The van der Waals surface area contributed by atoms with Crippen LogP contribution >= 0.6 is 15.9 Å². The minimum atomic E-state index is -0.0855. The van der Waals surface area contributed by atoms with Crippen molar-refractivity contribution in [1.29, 1.82) is 0 Å². The van der Waals surface area contributed by atoms with Gasteiger partial charge in [0.25, 0.3) is 5.91 Å². The number of hydrogen-bond acceptors (Lipinski definition) is 2. The van der Waals surface area contributed by atoms with Crippen molar-refractivity contribution < 1.29 is 9.53 Å². The van der Waals surface area contributed by atoms with Gasteiger partial charge in [0.1, 0.15) is 5.75 Å². The van der Waals surface area contributed by atoms with Crippen LogP contribution in [0.2, 0.25) is 0 Å². The first kappa shape index (κ1) is 15.6. The number of amides is 1. The number of nitrogens with one attached hydrogen (secondary N) is 1. The monoisotopic (exact) mass is 347 g/mol. The zero-order valence-electron chi connectivity index (χ0n) is 12.1. The number of benzene rings is 2. The summed E-state index contributed by atoms with van der Waals surface area (Å²) in [5, 5.41) is 2.99. The predicted molar refractivity (Wildman–Crippen MR) is 87.6 cm³/mol. The van der Waals surface area contributed by atoms with Crippen molar-refractivity contribution in [1.82, 2.24) is 5.32 Å². The minimum absolute atomic E-state index is 0.0628. The lowest BCUT2D eigenvalue weighted by Crippen LogP contribution is -2.26. The molecule has 0 aliphatic carbocycles. The van der Waals surface area contributed by atoms with Gasteiger partial charge in [0.2, 0.25) is 0 Å². The highest BCUT2D eigenvalue weighted by Crippen LogP contribution is 2.18. The van der Waals surface area contributed by atoms with Crippen molar-refractivity contribution in [3.63, 3.8) is 0 Å². The van der Waals surface area contributed by atoms with E-state index in [-0.39, 0.29) is 11.9 Å². The molecule has 1 atom stereocenters. The van der Waals surface area contributed by atoms with E-state index >= 15 is 0 Å². The van der Waals surface area contributed by atoms with Crippen LogP contribution in [0.15, 0.2) is 53.0 Å². The summed E-state index contributed by atoms with van der Waals surface area (Å²) in [5.41, 5.74) is 1.68. The molecule has 1 N–H and O–H groups in total. The Morgan fingerprint density at radius 3 is 2.57 bits per heavy atom. The van der Waals surface area contributed by atoms with Gasteiger partial charge in [-0.05, 0) is 49.7 Å². The molecular formula is C17H18BrNO2. The predicted octanol–water partition coefficient (Wildman–Crippen LogP) is 4.34. The Balaban J connectivity index is 2.03. The molecule has 3 nitrogen and oxygen atoms in total. The van der Waals surface area contributed by atoms with Crippen LogP contribution in [0, 0.1) is 0 Å². The van der Waals surface area contributed by atoms with E-state index in [9.17, 15) is 4.79 Å². The Hall–Kier alpha value is -1.81. The number of rotatable bonds is 5. The molecule has 1 amide bonds. The van der Waals surface area contributed by atoms with E-state index in [1.54, 1.807) is 12.1 Å². The van der Waals surface area contributed by atoms with E-state index in [2.05, 4.69) is 21.2 Å². The van der Waals surface area contributed by atoms with Gasteiger partial charge in [0, 0.05) is 10.0 Å². The summed E-state index contributed by atoms with van der Waals surface area (Å²) in [6.07, 6.45) is 0. The van der Waals surface area contributed by atoms with Crippen molar-refractivity contribution in [3.05, 3.63) is 64.1 Å². The van der Waals surface area contributed by atoms with Gasteiger partial charge in [-0.1, -0.05) is 34.1 Å². The quantitative estimate of drug-likeness (QED) is 0.873. The summed E-state index contributed by atoms with van der Waals surface area (Å²) in [7, 11) is 0. The lowest BCUT2D eigenvalue weighted by Gasteiger charge is -2.15. The first-order valence-electron chi connectivity index (χ1n) is 6.89. The second kappa shape index (κ2) is 7.27. The van der Waals surface area contributed by atoms with Crippen molar-refractivity contribution >= 4 is 21.8 Å². The van der Waals surface area contributed by atoms with E-state index in [4.69, 9.17) is 4.74 Å². The average Bonchev–Trinajstić information content (AvgIpc) is 2.48. The standard InChI is InChI=1S/C17H18BrNO2/c1-3-21-16-9-7-13(8-10-16)12(2)19-17(20)14-5-4-6-15(18)11-14/h4-12H,3H2,1-2H3,(H,19,20)/t12-/m0/s1. The maximum Gasteiger partial charge on any atom is 0.251 e. The molecular weight excluding hydrogens is 330 g/mol. The van der Waals surface area contributed by atoms with Crippen LogP contribution in [0.4, 0.5) is 0 Å². The van der Waals surface area contributed by atoms with Gasteiger partial charge in [0.15, 0.2) is 0 Å². The maximum atomic E-state index is 12.2. The highest BCUT2D eigenvalue weighted by atomic mass is 79.9. The fraction of sp³-hybridized carbons (Fsp3) is 0.235. The van der Waals surface area contributed by atoms with Gasteiger partial charge < -0.3 is 10.1 Å². The number of hydrogen-bond donors (Lipinski definition) is 1. The summed E-state index contributed by atoms with van der Waals surface area (Å²) < 4.78 is 6.30. The second-order valence-electron chi connectivity index (χ2n) is 4.71. The SMILES string of the molecule is CCOc1ccc([C@H](C)NC(=O)c2cccc(Br)c2)cc1. The lowest BCUT2D eigenvalue weighted by atomic mass is 10.1. The second-order valence-corrected chi connectivity index (χ2v) is 5.62. The van der Waals surface area contributed by atoms with Crippen LogP contribution < -0.4 is 10.1 Å². The summed E-state index contributed by atoms with van der Waals surface area (Å²) in [5.74, 6) is 0.754. The fourth-order valence-electron chi connectivity index (χ4n) is 2.01. The van der Waals surface area contributed by atoms with Gasteiger partial charge in [-0.15, -0.1) is 0 Å². The van der Waals surface area contributed by atoms with Gasteiger partial charge in [-0.25, -0.2) is 0 Å². The zero-order valence-corrected chi connectivity index (χ0v) is 13.7. The van der Waals surface area contributed by atoms with Crippen molar-refractivity contribution in [2.75, 3.05) is 6.61 Å². The van der Waals surface area contributed by atoms with E-state index < -0.39 is 0 Å². The van der Waals surface area contributed by atoms with E-state index in [1.165, 1.54) is 0 Å². The third kappa shape index (κ3) is 4.33. The number of halogens is 1. The molecule has 0 fully saturated rings. The van der Waals surface area contributed by atoms with Crippen LogP contribution in [-0.2, 0) is 0 Å². The lowest BCUT2D eigenvalue weighted by molar-refractivity contribution is 0.0940. The first-order valence-corrected chi connectivity index (χ1v) is 7.68. The van der Waals surface area contributed by atoms with Crippen LogP contribution in [0.3, 0.4) is 0 Å². The Labute approximate surface area is 133 Å². The summed E-state index contributed by atoms with van der Waals surface area (Å²) in [6.45, 7) is 4.56. The van der Waals surface area contributed by atoms with Gasteiger partial charge in [0.05, 0.1) is 12.6 Å². The Kier molecular flexibility index (Phi) is 5.39. The van der Waals surface area contributed by atoms with Gasteiger partial charge in [-0.3, -0.25) is 4.79 Å². The Bertz CT molecular complexity index is 610. The largest absolute Gasteiger partial charge is 0.494 e. The normalized spacial score (nSPS) is 11.8. The first-order chi connectivity index (χ1) is 10.1. The van der Waals surface area contributed by atoms with E-state index in [0.29, 0.717) is 12.2 Å². The topological polar surface area (TPSA) is 38.3 Å². The smallest absolute Gasteiger partial charge is 0.251 e. The minimum Gasteiger partial charge on any atom is -0.494 e. The van der Waals surface area contributed by atoms with E-state index in [0.717, 1.165) is 15.8 Å². The molecule has 0 saturated carbocycles. The molecule has 0 spiro atoms. The third-order valence-electron chi connectivity index (χ3n) is 3.13. The van der Waals surface area contributed by atoms with Gasteiger partial charge >= 0.3 is 0 Å². The zero-order chi connectivity index (χ0) is 15.2. The van der Waals surface area contributed by atoms with Gasteiger partial charge in [-0.2, -0.15) is 0 Å². The maximum absolute atomic E-state index is 12.2. The highest BCUT2D eigenvalue weighted by molar-refractivity contribution is 9.10. The molecule has 0 bridgehead atoms. The Morgan fingerprint density at radius 1 is 1.24 bits per heavy atom. The van der Waals surface area contributed by atoms with Crippen LogP contribution in [-0.4, -0.2) is 12.5 Å². The molecule has 0 aromatic heterocycles. The van der Waals surface area contributed by atoms with Crippen LogP contribution in [0.5, 0.6) is 5.75 Å². The molecule has 21 heavy (non-hydrogen) atoms. The molecule has 4 heteroatoms. The molecule has 0 aliphatic heterocycles. The number of ether oxygens (including phenoxy) is 1. The molecule has 0 radical (unpaired) electrons. The molecule has 2 rings (SSSR count). The average molecular weight is 348 g/mol.